The van der Waals surface area contributed by atoms with Gasteiger partial charge in [0.2, 0.25) is 0 Å². The first-order chi connectivity index (χ1) is 16.3. The molecule has 12 heteroatoms. The Morgan fingerprint density at radius 3 is 2.65 bits per heavy atom. The minimum absolute atomic E-state index is 0.00505. The molecule has 2 aromatic heterocycles. The predicted octanol–water partition coefficient (Wildman–Crippen LogP) is 1.61. The van der Waals surface area contributed by atoms with E-state index in [-0.39, 0.29) is 36.9 Å². The zero-order chi connectivity index (χ0) is 23.9. The average molecular weight is 488 g/mol. The molecule has 3 aromatic rings. The van der Waals surface area contributed by atoms with Gasteiger partial charge >= 0.3 is 0 Å². The van der Waals surface area contributed by atoms with Gasteiger partial charge in [-0.25, -0.2) is 19.0 Å². The van der Waals surface area contributed by atoms with Crippen LogP contribution in [0.4, 0.5) is 10.2 Å². The molecule has 2 aliphatic rings. The fourth-order valence-corrected chi connectivity index (χ4v) is 5.51. The molecular formula is C22H26FN7O3S. The van der Waals surface area contributed by atoms with Gasteiger partial charge in [-0.1, -0.05) is 12.1 Å². The number of fused-ring (bicyclic) bond motifs is 1. The van der Waals surface area contributed by atoms with Gasteiger partial charge in [0.1, 0.15) is 11.6 Å². The summed E-state index contributed by atoms with van der Waals surface area (Å²) < 4.78 is 39.5. The van der Waals surface area contributed by atoms with Crippen molar-refractivity contribution in [2.45, 2.75) is 37.8 Å². The molecule has 0 bridgehead atoms. The summed E-state index contributed by atoms with van der Waals surface area (Å²) in [4.78, 5) is 19.4. The number of anilines is 1. The molecule has 0 radical (unpaired) electrons. The Morgan fingerprint density at radius 2 is 1.91 bits per heavy atom. The van der Waals surface area contributed by atoms with Gasteiger partial charge in [-0.3, -0.25) is 4.79 Å². The minimum atomic E-state index is -3.72. The summed E-state index contributed by atoms with van der Waals surface area (Å²) in [5.74, 6) is 0.0957. The van der Waals surface area contributed by atoms with Crippen LogP contribution in [0.5, 0.6) is 0 Å². The molecule has 5 rings (SSSR count). The lowest BCUT2D eigenvalue weighted by Gasteiger charge is -2.30. The van der Waals surface area contributed by atoms with Crippen LogP contribution in [0.1, 0.15) is 47.8 Å². The third kappa shape index (κ3) is 4.48. The topological polar surface area (TPSA) is 126 Å². The van der Waals surface area contributed by atoms with Crippen molar-refractivity contribution in [2.75, 3.05) is 24.5 Å². The maximum absolute atomic E-state index is 13.8. The monoisotopic (exact) mass is 487 g/mol. The van der Waals surface area contributed by atoms with Gasteiger partial charge < -0.3 is 10.2 Å². The number of nitrogens with one attached hydrogen (secondary N) is 1. The molecule has 34 heavy (non-hydrogen) atoms. The predicted molar refractivity (Wildman–Crippen MR) is 124 cm³/mol. The summed E-state index contributed by atoms with van der Waals surface area (Å²) >= 11 is 0. The van der Waals surface area contributed by atoms with Crippen LogP contribution in [-0.2, 0) is 10.2 Å². The van der Waals surface area contributed by atoms with Crippen molar-refractivity contribution >= 4 is 27.6 Å². The molecule has 0 aliphatic carbocycles. The first-order valence-electron chi connectivity index (χ1n) is 11.3. The van der Waals surface area contributed by atoms with Crippen molar-refractivity contribution in [1.82, 2.24) is 24.2 Å². The number of piperidine rings is 1. The molecule has 10 nitrogen and oxygen atoms in total. The Hall–Kier alpha value is -3.09. The molecular weight excluding hydrogens is 461 g/mol. The largest absolute Gasteiger partial charge is 0.348 e. The van der Waals surface area contributed by atoms with Gasteiger partial charge in [0.25, 0.3) is 16.1 Å². The number of hydrogen-bond acceptors (Lipinski definition) is 6. The first-order valence-corrected chi connectivity index (χ1v) is 12.8. The zero-order valence-electron chi connectivity index (χ0n) is 18.5. The normalized spacial score (nSPS) is 20.2. The van der Waals surface area contributed by atoms with E-state index >= 15 is 0 Å². The molecule has 2 fully saturated rings. The van der Waals surface area contributed by atoms with E-state index in [1.54, 1.807) is 12.1 Å². The number of aromatic nitrogens is 3. The summed E-state index contributed by atoms with van der Waals surface area (Å²) in [7, 11) is -3.72. The molecule has 1 aromatic carbocycles. The van der Waals surface area contributed by atoms with Crippen LogP contribution in [0.2, 0.25) is 0 Å². The highest BCUT2D eigenvalue weighted by atomic mass is 32.2. The molecule has 0 saturated carbocycles. The van der Waals surface area contributed by atoms with E-state index in [1.165, 1.54) is 21.1 Å². The van der Waals surface area contributed by atoms with Crippen LogP contribution in [0.15, 0.2) is 42.6 Å². The van der Waals surface area contributed by atoms with Gasteiger partial charge in [-0.15, -0.1) is 5.10 Å². The third-order valence-corrected chi connectivity index (χ3v) is 7.60. The molecule has 2 aliphatic heterocycles. The molecule has 0 spiro atoms. The lowest BCUT2D eigenvalue weighted by Crippen LogP contribution is -2.48. The quantitative estimate of drug-likeness (QED) is 0.563. The molecule has 180 valence electrons. The number of halogens is 1. The number of carbonyl (C=O) groups excluding carboxylic acids is 1. The molecule has 0 unspecified atom stereocenters. The highest BCUT2D eigenvalue weighted by Crippen LogP contribution is 2.35. The number of hydrogen-bond donors (Lipinski definition) is 2. The van der Waals surface area contributed by atoms with Crippen molar-refractivity contribution in [2.24, 2.45) is 5.14 Å². The highest BCUT2D eigenvalue weighted by molar-refractivity contribution is 7.86. The van der Waals surface area contributed by atoms with Gasteiger partial charge in [0.05, 0.1) is 12.2 Å². The number of nitrogens with zero attached hydrogens (tertiary/aromatic N) is 5. The van der Waals surface area contributed by atoms with E-state index in [9.17, 15) is 17.6 Å². The molecule has 2 saturated heterocycles. The van der Waals surface area contributed by atoms with Crippen LogP contribution >= 0.6 is 0 Å². The summed E-state index contributed by atoms with van der Waals surface area (Å²) in [5.41, 5.74) is 1.74. The van der Waals surface area contributed by atoms with E-state index in [2.05, 4.69) is 15.2 Å². The number of rotatable bonds is 5. The maximum atomic E-state index is 13.8. The van der Waals surface area contributed by atoms with Gasteiger partial charge in [-0.2, -0.15) is 12.7 Å². The summed E-state index contributed by atoms with van der Waals surface area (Å²) in [6.45, 7) is 1.30. The second-order valence-corrected chi connectivity index (χ2v) is 10.2. The maximum Gasteiger partial charge on any atom is 0.276 e. The molecule has 4 heterocycles. The SMILES string of the molecule is NS(=O)(=O)N1CCC(NC(=O)c2cnc3ccc(N4CCC[C@@H]4c4cccc(F)c4)nn23)CC1. The van der Waals surface area contributed by atoms with Gasteiger partial charge in [-0.05, 0) is 55.5 Å². The number of carbonyl (C=O) groups is 1. The van der Waals surface area contributed by atoms with Crippen molar-refractivity contribution in [3.63, 3.8) is 0 Å². The van der Waals surface area contributed by atoms with Crippen molar-refractivity contribution in [3.8, 4) is 0 Å². The highest BCUT2D eigenvalue weighted by Gasteiger charge is 2.29. The third-order valence-electron chi connectivity index (χ3n) is 6.51. The van der Waals surface area contributed by atoms with Crippen molar-refractivity contribution in [1.29, 1.82) is 0 Å². The molecule has 1 amide bonds. The number of benzene rings is 1. The lowest BCUT2D eigenvalue weighted by molar-refractivity contribution is 0.0916. The molecule has 3 N–H and O–H groups in total. The van der Waals surface area contributed by atoms with Crippen molar-refractivity contribution < 1.29 is 17.6 Å². The summed E-state index contributed by atoms with van der Waals surface area (Å²) in [6, 6.07) is 10.1. The fraction of sp³-hybridized carbons (Fsp3) is 0.409. The second kappa shape index (κ2) is 8.93. The Bertz CT molecular complexity index is 1320. The van der Waals surface area contributed by atoms with Crippen LogP contribution in [-0.4, -0.2) is 58.9 Å². The molecule has 1 atom stereocenters. The Labute approximate surface area is 196 Å². The standard InChI is InChI=1S/C22H26FN7O3S/c23-16-4-1-3-15(13-16)18-5-2-10-29(18)21-7-6-20-25-14-19(30(20)27-21)22(31)26-17-8-11-28(12-9-17)34(24,32)33/h1,3-4,6-7,13-14,17-18H,2,5,8-12H2,(H,26,31)(H2,24,32,33)/t18-/m1/s1. The van der Waals surface area contributed by atoms with E-state index in [0.29, 0.717) is 30.0 Å². The van der Waals surface area contributed by atoms with E-state index in [0.717, 1.165) is 24.9 Å². The number of nitrogens with two attached hydrogens (primary N) is 1. The Morgan fingerprint density at radius 1 is 1.12 bits per heavy atom. The van der Waals surface area contributed by atoms with Gasteiger partial charge in [0.15, 0.2) is 11.3 Å². The number of imidazole rings is 1. The Kier molecular flexibility index (Phi) is 5.96. The van der Waals surface area contributed by atoms with Crippen molar-refractivity contribution in [3.05, 3.63) is 59.7 Å². The van der Waals surface area contributed by atoms with E-state index in [1.807, 2.05) is 18.2 Å². The lowest BCUT2D eigenvalue weighted by atomic mass is 10.0. The Balaban J connectivity index is 1.35. The van der Waals surface area contributed by atoms with Gasteiger partial charge in [0, 0.05) is 25.7 Å². The number of amides is 1. The zero-order valence-corrected chi connectivity index (χ0v) is 19.3. The van der Waals surface area contributed by atoms with E-state index < -0.39 is 10.2 Å². The smallest absolute Gasteiger partial charge is 0.276 e. The first kappa shape index (κ1) is 22.7. The van der Waals surface area contributed by atoms with Crippen LogP contribution in [0.25, 0.3) is 5.65 Å². The average Bonchev–Trinajstić information content (AvgIpc) is 3.46. The van der Waals surface area contributed by atoms with E-state index in [4.69, 9.17) is 10.2 Å². The fourth-order valence-electron chi connectivity index (χ4n) is 4.79. The van der Waals surface area contributed by atoms with Crippen LogP contribution < -0.4 is 15.4 Å². The van der Waals surface area contributed by atoms with Crippen LogP contribution in [0, 0.1) is 5.82 Å². The minimum Gasteiger partial charge on any atom is -0.348 e. The second-order valence-electron chi connectivity index (χ2n) is 8.70. The summed E-state index contributed by atoms with van der Waals surface area (Å²) in [5, 5.41) is 12.8. The van der Waals surface area contributed by atoms with Crippen LogP contribution in [0.3, 0.4) is 0 Å². The summed E-state index contributed by atoms with van der Waals surface area (Å²) in [6.07, 6.45) is 4.27.